The molecule has 0 atom stereocenters. The zero-order chi connectivity index (χ0) is 9.90. The minimum Gasteiger partial charge on any atom is -0.285 e. The van der Waals surface area contributed by atoms with Crippen LogP contribution in [0, 0.1) is 0 Å². The SMILES string of the molecule is C=CC(C)(C)N(/N=C\CC)C1CC1. The quantitative estimate of drug-likeness (QED) is 0.361. The van der Waals surface area contributed by atoms with Gasteiger partial charge in [-0.25, -0.2) is 0 Å². The first-order valence-electron chi connectivity index (χ1n) is 5.07. The molecule has 0 N–H and O–H groups in total. The third-order valence-corrected chi connectivity index (χ3v) is 2.37. The summed E-state index contributed by atoms with van der Waals surface area (Å²) in [6, 6.07) is 0.649. The van der Waals surface area contributed by atoms with Crippen LogP contribution in [-0.2, 0) is 0 Å². The molecule has 0 amide bonds. The zero-order valence-corrected chi connectivity index (χ0v) is 8.95. The number of rotatable bonds is 5. The fourth-order valence-corrected chi connectivity index (χ4v) is 1.30. The van der Waals surface area contributed by atoms with Gasteiger partial charge in [0.15, 0.2) is 0 Å². The lowest BCUT2D eigenvalue weighted by molar-refractivity contribution is 0.159. The van der Waals surface area contributed by atoms with Crippen molar-refractivity contribution < 1.29 is 0 Å². The predicted molar refractivity (Wildman–Crippen MR) is 57.9 cm³/mol. The van der Waals surface area contributed by atoms with Gasteiger partial charge in [-0.3, -0.25) is 5.01 Å². The van der Waals surface area contributed by atoms with Gasteiger partial charge in [0.1, 0.15) is 0 Å². The average Bonchev–Trinajstić information content (AvgIpc) is 2.89. The van der Waals surface area contributed by atoms with E-state index in [0.29, 0.717) is 6.04 Å². The fraction of sp³-hybridized carbons (Fsp3) is 0.727. The molecule has 0 aliphatic heterocycles. The molecular weight excluding hydrogens is 160 g/mol. The Bertz CT molecular complexity index is 202. The average molecular weight is 180 g/mol. The van der Waals surface area contributed by atoms with E-state index >= 15 is 0 Å². The lowest BCUT2D eigenvalue weighted by atomic mass is 10.1. The summed E-state index contributed by atoms with van der Waals surface area (Å²) < 4.78 is 0. The maximum atomic E-state index is 4.48. The van der Waals surface area contributed by atoms with E-state index in [1.54, 1.807) is 0 Å². The Labute approximate surface area is 81.3 Å². The molecule has 0 unspecified atom stereocenters. The summed E-state index contributed by atoms with van der Waals surface area (Å²) in [5.41, 5.74) is -0.00711. The van der Waals surface area contributed by atoms with Crippen molar-refractivity contribution in [2.45, 2.75) is 51.6 Å². The van der Waals surface area contributed by atoms with Gasteiger partial charge in [-0.15, -0.1) is 6.58 Å². The number of hydrogen-bond donors (Lipinski definition) is 0. The van der Waals surface area contributed by atoms with Crippen molar-refractivity contribution in [1.82, 2.24) is 5.01 Å². The lowest BCUT2D eigenvalue weighted by Gasteiger charge is -2.33. The molecule has 1 saturated carbocycles. The first kappa shape index (κ1) is 10.3. The van der Waals surface area contributed by atoms with Crippen molar-refractivity contribution in [3.05, 3.63) is 12.7 Å². The Kier molecular flexibility index (Phi) is 3.12. The molecule has 2 nitrogen and oxygen atoms in total. The van der Waals surface area contributed by atoms with E-state index < -0.39 is 0 Å². The molecule has 0 aromatic heterocycles. The Morgan fingerprint density at radius 1 is 1.54 bits per heavy atom. The molecule has 0 heterocycles. The van der Waals surface area contributed by atoms with Crippen molar-refractivity contribution in [3.63, 3.8) is 0 Å². The highest BCUT2D eigenvalue weighted by Crippen LogP contribution is 2.33. The minimum absolute atomic E-state index is 0.00711. The molecule has 1 aliphatic rings. The molecule has 0 radical (unpaired) electrons. The molecule has 0 saturated heterocycles. The van der Waals surface area contributed by atoms with Crippen molar-refractivity contribution in [2.75, 3.05) is 0 Å². The molecule has 13 heavy (non-hydrogen) atoms. The van der Waals surface area contributed by atoms with E-state index in [1.165, 1.54) is 12.8 Å². The van der Waals surface area contributed by atoms with Gasteiger partial charge in [-0.05, 0) is 33.1 Å². The lowest BCUT2D eigenvalue weighted by Crippen LogP contribution is -2.39. The largest absolute Gasteiger partial charge is 0.285 e. The molecule has 74 valence electrons. The van der Waals surface area contributed by atoms with Gasteiger partial charge in [-0.1, -0.05) is 13.0 Å². The van der Waals surface area contributed by atoms with Crippen LogP contribution in [0.5, 0.6) is 0 Å². The van der Waals surface area contributed by atoms with Crippen LogP contribution in [0.25, 0.3) is 0 Å². The zero-order valence-electron chi connectivity index (χ0n) is 8.95. The van der Waals surface area contributed by atoms with Crippen LogP contribution in [0.2, 0.25) is 0 Å². The van der Waals surface area contributed by atoms with Gasteiger partial charge in [-0.2, -0.15) is 5.10 Å². The van der Waals surface area contributed by atoms with E-state index in [9.17, 15) is 0 Å². The van der Waals surface area contributed by atoms with Crippen molar-refractivity contribution in [3.8, 4) is 0 Å². The molecule has 0 aromatic rings. The van der Waals surface area contributed by atoms with Crippen LogP contribution in [0.1, 0.15) is 40.0 Å². The van der Waals surface area contributed by atoms with Crippen LogP contribution in [0.4, 0.5) is 0 Å². The van der Waals surface area contributed by atoms with Gasteiger partial charge in [0.05, 0.1) is 5.54 Å². The van der Waals surface area contributed by atoms with Crippen LogP contribution >= 0.6 is 0 Å². The highest BCUT2D eigenvalue weighted by Gasteiger charge is 2.35. The van der Waals surface area contributed by atoms with Crippen LogP contribution in [0.3, 0.4) is 0 Å². The predicted octanol–water partition coefficient (Wildman–Crippen LogP) is 2.81. The van der Waals surface area contributed by atoms with Crippen LogP contribution in [0.15, 0.2) is 17.8 Å². The van der Waals surface area contributed by atoms with E-state index in [1.807, 2.05) is 12.3 Å². The van der Waals surface area contributed by atoms with E-state index in [0.717, 1.165) is 6.42 Å². The van der Waals surface area contributed by atoms with Gasteiger partial charge in [0, 0.05) is 12.3 Å². The summed E-state index contributed by atoms with van der Waals surface area (Å²) in [7, 11) is 0. The van der Waals surface area contributed by atoms with Crippen LogP contribution < -0.4 is 0 Å². The summed E-state index contributed by atoms with van der Waals surface area (Å²) >= 11 is 0. The Hall–Kier alpha value is -0.790. The summed E-state index contributed by atoms with van der Waals surface area (Å²) in [5, 5.41) is 6.67. The maximum absolute atomic E-state index is 4.48. The first-order valence-corrected chi connectivity index (χ1v) is 5.07. The second-order valence-corrected chi connectivity index (χ2v) is 4.14. The summed E-state index contributed by atoms with van der Waals surface area (Å²) in [4.78, 5) is 0. The van der Waals surface area contributed by atoms with E-state index in [4.69, 9.17) is 0 Å². The highest BCUT2D eigenvalue weighted by atomic mass is 15.5. The van der Waals surface area contributed by atoms with Crippen molar-refractivity contribution in [2.24, 2.45) is 5.10 Å². The van der Waals surface area contributed by atoms with Gasteiger partial charge >= 0.3 is 0 Å². The monoisotopic (exact) mass is 180 g/mol. The topological polar surface area (TPSA) is 15.6 Å². The maximum Gasteiger partial charge on any atom is 0.0703 e. The molecule has 1 aliphatic carbocycles. The fourth-order valence-electron chi connectivity index (χ4n) is 1.30. The number of hydrogen-bond acceptors (Lipinski definition) is 2. The van der Waals surface area contributed by atoms with Gasteiger partial charge < -0.3 is 0 Å². The third-order valence-electron chi connectivity index (χ3n) is 2.37. The highest BCUT2D eigenvalue weighted by molar-refractivity contribution is 5.56. The summed E-state index contributed by atoms with van der Waals surface area (Å²) in [6.45, 7) is 10.3. The molecule has 2 heteroatoms. The van der Waals surface area contributed by atoms with Crippen LogP contribution in [-0.4, -0.2) is 22.8 Å². The molecule has 1 rings (SSSR count). The Morgan fingerprint density at radius 3 is 2.54 bits per heavy atom. The normalized spacial score (nSPS) is 17.8. The number of nitrogens with zero attached hydrogens (tertiary/aromatic N) is 2. The van der Waals surface area contributed by atoms with E-state index in [2.05, 4.69) is 37.5 Å². The molecular formula is C11H20N2. The summed E-state index contributed by atoms with van der Waals surface area (Å²) in [5.74, 6) is 0. The minimum atomic E-state index is -0.00711. The molecule has 0 bridgehead atoms. The first-order chi connectivity index (χ1) is 6.11. The molecule has 0 spiro atoms. The standard InChI is InChI=1S/C11H20N2/c1-5-9-12-13(10-7-8-10)11(3,4)6-2/h6,9-10H,2,5,7-8H2,1,3-4H3/b12-9-. The Balaban J connectivity index is 2.66. The van der Waals surface area contributed by atoms with E-state index in [-0.39, 0.29) is 5.54 Å². The smallest absolute Gasteiger partial charge is 0.0703 e. The Morgan fingerprint density at radius 2 is 2.15 bits per heavy atom. The molecule has 1 fully saturated rings. The van der Waals surface area contributed by atoms with Gasteiger partial charge in [0.25, 0.3) is 0 Å². The van der Waals surface area contributed by atoms with Gasteiger partial charge in [0.2, 0.25) is 0 Å². The van der Waals surface area contributed by atoms with Crippen molar-refractivity contribution in [1.29, 1.82) is 0 Å². The number of hydrazone groups is 1. The third kappa shape index (κ3) is 2.58. The second-order valence-electron chi connectivity index (χ2n) is 4.14. The summed E-state index contributed by atoms with van der Waals surface area (Å²) in [6.07, 6.45) is 7.50. The van der Waals surface area contributed by atoms with Crippen molar-refractivity contribution >= 4 is 6.21 Å². The molecule has 0 aromatic carbocycles. The second kappa shape index (κ2) is 3.95.